The lowest BCUT2D eigenvalue weighted by Gasteiger charge is -2.32. The van der Waals surface area contributed by atoms with Gasteiger partial charge >= 0.3 is 5.97 Å². The molecule has 0 radical (unpaired) electrons. The third kappa shape index (κ3) is 4.33. The topological polar surface area (TPSA) is 99.5 Å². The van der Waals surface area contributed by atoms with Gasteiger partial charge in [-0.15, -0.1) is 0 Å². The van der Waals surface area contributed by atoms with E-state index >= 15 is 0 Å². The average molecular weight is 383 g/mol. The molecule has 1 unspecified atom stereocenters. The van der Waals surface area contributed by atoms with Gasteiger partial charge < -0.3 is 15.0 Å². The van der Waals surface area contributed by atoms with Crippen LogP contribution in [0, 0.1) is 11.3 Å². The van der Waals surface area contributed by atoms with Crippen LogP contribution in [0.15, 0.2) is 24.3 Å². The van der Waals surface area contributed by atoms with Crippen LogP contribution in [-0.2, 0) is 14.3 Å². The van der Waals surface area contributed by atoms with E-state index in [4.69, 9.17) is 4.74 Å². The van der Waals surface area contributed by atoms with Gasteiger partial charge in [0, 0.05) is 18.7 Å². The number of carbonyl (C=O) groups is 3. The van der Waals surface area contributed by atoms with E-state index in [0.717, 1.165) is 25.7 Å². The Hall–Kier alpha value is -2.88. The molecule has 1 heterocycles. The molecule has 28 heavy (non-hydrogen) atoms. The summed E-state index contributed by atoms with van der Waals surface area (Å²) in [5.74, 6) is -1.07. The first-order valence-corrected chi connectivity index (χ1v) is 9.79. The number of hydrogen-bond donors (Lipinski definition) is 1. The summed E-state index contributed by atoms with van der Waals surface area (Å²) in [5.41, 5.74) is 0.0654. The SMILES string of the molecule is CC(OC(=O)c1cccc(N2CCCC2=O)c1)C(=O)NC1(C#N)CCCCC1. The fourth-order valence-electron chi connectivity index (χ4n) is 3.76. The molecule has 2 amide bonds. The number of ether oxygens (including phenoxy) is 1. The number of nitriles is 1. The maximum absolute atomic E-state index is 12.5. The zero-order valence-electron chi connectivity index (χ0n) is 16.1. The van der Waals surface area contributed by atoms with Crippen LogP contribution in [0.4, 0.5) is 5.69 Å². The molecule has 0 bridgehead atoms. The van der Waals surface area contributed by atoms with Gasteiger partial charge in [0.25, 0.3) is 5.91 Å². The van der Waals surface area contributed by atoms with Crippen molar-refractivity contribution in [2.75, 3.05) is 11.4 Å². The Morgan fingerprint density at radius 1 is 1.25 bits per heavy atom. The molecule has 0 spiro atoms. The number of carbonyl (C=O) groups excluding carboxylic acids is 3. The second-order valence-corrected chi connectivity index (χ2v) is 7.49. The highest BCUT2D eigenvalue weighted by Gasteiger charge is 2.35. The molecule has 0 aromatic heterocycles. The summed E-state index contributed by atoms with van der Waals surface area (Å²) in [5, 5.41) is 12.3. The molecule has 1 aromatic rings. The molecule has 1 aliphatic carbocycles. The summed E-state index contributed by atoms with van der Waals surface area (Å²) in [6, 6.07) is 8.88. The van der Waals surface area contributed by atoms with Crippen molar-refractivity contribution in [2.24, 2.45) is 0 Å². The number of hydrogen-bond acceptors (Lipinski definition) is 5. The van der Waals surface area contributed by atoms with E-state index in [1.807, 2.05) is 0 Å². The Morgan fingerprint density at radius 2 is 2.00 bits per heavy atom. The van der Waals surface area contributed by atoms with Crippen LogP contribution >= 0.6 is 0 Å². The maximum Gasteiger partial charge on any atom is 0.338 e. The molecular formula is C21H25N3O4. The van der Waals surface area contributed by atoms with Crippen LogP contribution < -0.4 is 10.2 Å². The second-order valence-electron chi connectivity index (χ2n) is 7.49. The second kappa shape index (κ2) is 8.42. The zero-order chi connectivity index (χ0) is 20.1. The highest BCUT2D eigenvalue weighted by Crippen LogP contribution is 2.28. The molecule has 148 valence electrons. The summed E-state index contributed by atoms with van der Waals surface area (Å²) < 4.78 is 5.31. The van der Waals surface area contributed by atoms with Crippen molar-refractivity contribution in [3.8, 4) is 6.07 Å². The van der Waals surface area contributed by atoms with Gasteiger partial charge in [0.1, 0.15) is 5.54 Å². The number of nitrogens with one attached hydrogen (secondary N) is 1. The summed E-state index contributed by atoms with van der Waals surface area (Å²) in [7, 11) is 0. The molecule has 2 fully saturated rings. The van der Waals surface area contributed by atoms with Crippen LogP contribution in [0.2, 0.25) is 0 Å². The Balaban J connectivity index is 1.63. The number of anilines is 1. The standard InChI is InChI=1S/C21H25N3O4/c1-15(19(26)23-21(14-22)10-3-2-4-11-21)28-20(27)16-7-5-8-17(13-16)24-12-6-9-18(24)25/h5,7-8,13,15H,2-4,6,9-12H2,1H3,(H,23,26). The predicted molar refractivity (Wildman–Crippen MR) is 102 cm³/mol. The highest BCUT2D eigenvalue weighted by atomic mass is 16.5. The molecule has 3 rings (SSSR count). The third-order valence-corrected chi connectivity index (χ3v) is 5.40. The van der Waals surface area contributed by atoms with Crippen molar-refractivity contribution in [2.45, 2.75) is 63.5 Å². The largest absolute Gasteiger partial charge is 0.449 e. The molecule has 2 aliphatic rings. The van der Waals surface area contributed by atoms with E-state index in [-0.39, 0.29) is 11.5 Å². The number of esters is 1. The minimum absolute atomic E-state index is 0.0348. The fourth-order valence-corrected chi connectivity index (χ4v) is 3.76. The van der Waals surface area contributed by atoms with Crippen LogP contribution in [-0.4, -0.2) is 36.0 Å². The van der Waals surface area contributed by atoms with Crippen LogP contribution in [0.3, 0.4) is 0 Å². The molecule has 1 saturated heterocycles. The van der Waals surface area contributed by atoms with E-state index in [0.29, 0.717) is 31.5 Å². The van der Waals surface area contributed by atoms with E-state index in [1.165, 1.54) is 6.92 Å². The Bertz CT molecular complexity index is 808. The molecule has 1 saturated carbocycles. The van der Waals surface area contributed by atoms with Crippen LogP contribution in [0.25, 0.3) is 0 Å². The summed E-state index contributed by atoms with van der Waals surface area (Å²) in [6.45, 7) is 2.13. The van der Waals surface area contributed by atoms with E-state index in [2.05, 4.69) is 11.4 Å². The van der Waals surface area contributed by atoms with Gasteiger partial charge in [-0.2, -0.15) is 5.26 Å². The van der Waals surface area contributed by atoms with Crippen LogP contribution in [0.5, 0.6) is 0 Å². The van der Waals surface area contributed by atoms with Gasteiger partial charge in [-0.25, -0.2) is 4.79 Å². The molecular weight excluding hydrogens is 358 g/mol. The summed E-state index contributed by atoms with van der Waals surface area (Å²) in [6.07, 6.45) is 4.35. The van der Waals surface area contributed by atoms with Crippen LogP contribution in [0.1, 0.15) is 62.2 Å². The van der Waals surface area contributed by atoms with Crippen molar-refractivity contribution in [3.63, 3.8) is 0 Å². The predicted octanol–water partition coefficient (Wildman–Crippen LogP) is 2.70. The normalized spacial score (nSPS) is 19.6. The highest BCUT2D eigenvalue weighted by molar-refractivity contribution is 5.98. The van der Waals surface area contributed by atoms with Crippen molar-refractivity contribution >= 4 is 23.5 Å². The van der Waals surface area contributed by atoms with Crippen molar-refractivity contribution in [3.05, 3.63) is 29.8 Å². The quantitative estimate of drug-likeness (QED) is 0.788. The number of amides is 2. The molecule has 1 atom stereocenters. The first kappa shape index (κ1) is 19.9. The lowest BCUT2D eigenvalue weighted by molar-refractivity contribution is -0.130. The van der Waals surface area contributed by atoms with E-state index in [9.17, 15) is 19.6 Å². The smallest absolute Gasteiger partial charge is 0.338 e. The first-order chi connectivity index (χ1) is 13.4. The Labute approximate surface area is 164 Å². The summed E-state index contributed by atoms with van der Waals surface area (Å²) >= 11 is 0. The van der Waals surface area contributed by atoms with Gasteiger partial charge in [0.05, 0.1) is 11.6 Å². The Kier molecular flexibility index (Phi) is 5.98. The van der Waals surface area contributed by atoms with Crippen molar-refractivity contribution in [1.29, 1.82) is 5.26 Å². The first-order valence-electron chi connectivity index (χ1n) is 9.79. The zero-order valence-corrected chi connectivity index (χ0v) is 16.1. The number of nitrogens with zero attached hydrogens (tertiary/aromatic N) is 2. The minimum Gasteiger partial charge on any atom is -0.449 e. The molecule has 1 aromatic carbocycles. The maximum atomic E-state index is 12.5. The molecule has 7 heteroatoms. The van der Waals surface area contributed by atoms with Crippen molar-refractivity contribution in [1.82, 2.24) is 5.32 Å². The summed E-state index contributed by atoms with van der Waals surface area (Å²) in [4.78, 5) is 38.5. The molecule has 1 N–H and O–H groups in total. The van der Waals surface area contributed by atoms with Gasteiger partial charge in [0.2, 0.25) is 5.91 Å². The lowest BCUT2D eigenvalue weighted by atomic mass is 9.83. The van der Waals surface area contributed by atoms with Gasteiger partial charge in [-0.1, -0.05) is 25.3 Å². The van der Waals surface area contributed by atoms with Gasteiger partial charge in [0.15, 0.2) is 6.10 Å². The van der Waals surface area contributed by atoms with E-state index < -0.39 is 23.5 Å². The van der Waals surface area contributed by atoms with E-state index in [1.54, 1.807) is 29.2 Å². The number of benzene rings is 1. The minimum atomic E-state index is -1.02. The average Bonchev–Trinajstić information content (AvgIpc) is 3.14. The van der Waals surface area contributed by atoms with Crippen molar-refractivity contribution < 1.29 is 19.1 Å². The fraction of sp³-hybridized carbons (Fsp3) is 0.524. The van der Waals surface area contributed by atoms with Gasteiger partial charge in [-0.3, -0.25) is 9.59 Å². The monoisotopic (exact) mass is 383 g/mol. The molecule has 1 aliphatic heterocycles. The number of rotatable bonds is 5. The third-order valence-electron chi connectivity index (χ3n) is 5.40. The molecule has 7 nitrogen and oxygen atoms in total. The lowest BCUT2D eigenvalue weighted by Crippen LogP contribution is -2.52. The Morgan fingerprint density at radius 3 is 2.64 bits per heavy atom. The van der Waals surface area contributed by atoms with Gasteiger partial charge in [-0.05, 0) is 44.4 Å².